The average Bonchev–Trinajstić information content (AvgIpc) is 2.86. The van der Waals surface area contributed by atoms with E-state index in [1.165, 1.54) is 7.11 Å². The van der Waals surface area contributed by atoms with E-state index in [-0.39, 0.29) is 17.9 Å². The monoisotopic (exact) mass is 267 g/mol. The second kappa shape index (κ2) is 7.94. The first-order chi connectivity index (χ1) is 9.13. The molecule has 0 aliphatic rings. The molecule has 0 spiro atoms. The minimum atomic E-state index is -0.276. The zero-order valence-corrected chi connectivity index (χ0v) is 12.3. The first kappa shape index (κ1) is 15.7. The number of carbonyl (C=O) groups excluding carboxylic acids is 1. The lowest BCUT2D eigenvalue weighted by atomic mass is 9.99. The molecule has 0 amide bonds. The van der Waals surface area contributed by atoms with Crippen LogP contribution in [0.1, 0.15) is 39.4 Å². The fraction of sp³-hybridized carbons (Fsp3) is 0.714. The Morgan fingerprint density at radius 2 is 2.26 bits per heavy atom. The molecule has 0 aliphatic carbocycles. The number of hydrogen-bond donors (Lipinski definition) is 1. The summed E-state index contributed by atoms with van der Waals surface area (Å²) in [5.41, 5.74) is 0. The van der Waals surface area contributed by atoms with Crippen LogP contribution in [0.25, 0.3) is 0 Å². The molecule has 108 valence electrons. The topological polar surface area (TPSA) is 56.2 Å². The van der Waals surface area contributed by atoms with E-state index in [0.717, 1.165) is 25.2 Å². The summed E-state index contributed by atoms with van der Waals surface area (Å²) in [6.45, 7) is 7.78. The molecule has 2 unspecified atom stereocenters. The van der Waals surface area contributed by atoms with Crippen LogP contribution in [-0.4, -0.2) is 28.7 Å². The van der Waals surface area contributed by atoms with Gasteiger partial charge in [0.2, 0.25) is 0 Å². The minimum Gasteiger partial charge on any atom is -0.468 e. The quantitative estimate of drug-likeness (QED) is 0.732. The fourth-order valence-electron chi connectivity index (χ4n) is 2.03. The van der Waals surface area contributed by atoms with Crippen molar-refractivity contribution in [3.63, 3.8) is 0 Å². The van der Waals surface area contributed by atoms with Crippen LogP contribution in [0.15, 0.2) is 12.4 Å². The first-order valence-corrected chi connectivity index (χ1v) is 6.95. The van der Waals surface area contributed by atoms with Crippen molar-refractivity contribution in [1.82, 2.24) is 14.9 Å². The number of nitrogens with zero attached hydrogens (tertiary/aromatic N) is 2. The first-order valence-electron chi connectivity index (χ1n) is 6.95. The molecule has 1 rings (SSSR count). The molecule has 5 nitrogen and oxygen atoms in total. The lowest BCUT2D eigenvalue weighted by molar-refractivity contribution is -0.144. The third-order valence-corrected chi connectivity index (χ3v) is 3.41. The van der Waals surface area contributed by atoms with E-state index in [0.29, 0.717) is 6.54 Å². The molecule has 19 heavy (non-hydrogen) atoms. The molecule has 1 heterocycles. The van der Waals surface area contributed by atoms with E-state index in [9.17, 15) is 4.79 Å². The summed E-state index contributed by atoms with van der Waals surface area (Å²) in [5, 5.41) is 3.26. The highest BCUT2D eigenvalue weighted by Crippen LogP contribution is 2.10. The molecule has 0 radical (unpaired) electrons. The smallest absolute Gasteiger partial charge is 0.323 e. The van der Waals surface area contributed by atoms with Crippen LogP contribution in [0, 0.1) is 5.92 Å². The largest absolute Gasteiger partial charge is 0.468 e. The Hall–Kier alpha value is -1.36. The normalized spacial score (nSPS) is 14.1. The van der Waals surface area contributed by atoms with Gasteiger partial charge in [-0.2, -0.15) is 0 Å². The molecule has 1 aromatic rings. The summed E-state index contributed by atoms with van der Waals surface area (Å²) in [7, 11) is 1.43. The van der Waals surface area contributed by atoms with Crippen molar-refractivity contribution in [1.29, 1.82) is 0 Å². The van der Waals surface area contributed by atoms with Crippen LogP contribution < -0.4 is 5.32 Å². The summed E-state index contributed by atoms with van der Waals surface area (Å²) in [6.07, 6.45) is 5.76. The predicted molar refractivity (Wildman–Crippen MR) is 74.6 cm³/mol. The fourth-order valence-corrected chi connectivity index (χ4v) is 2.03. The van der Waals surface area contributed by atoms with Crippen LogP contribution >= 0.6 is 0 Å². The van der Waals surface area contributed by atoms with Gasteiger partial charge < -0.3 is 9.30 Å². The van der Waals surface area contributed by atoms with E-state index in [1.807, 2.05) is 13.1 Å². The van der Waals surface area contributed by atoms with Crippen molar-refractivity contribution in [3.05, 3.63) is 18.2 Å². The number of aromatic nitrogens is 2. The lowest BCUT2D eigenvalue weighted by Gasteiger charge is -2.21. The lowest BCUT2D eigenvalue weighted by Crippen LogP contribution is -2.42. The van der Waals surface area contributed by atoms with Crippen molar-refractivity contribution < 1.29 is 9.53 Å². The Morgan fingerprint density at radius 3 is 2.84 bits per heavy atom. The van der Waals surface area contributed by atoms with Gasteiger partial charge in [-0.25, -0.2) is 4.98 Å². The van der Waals surface area contributed by atoms with Crippen LogP contribution in [0.4, 0.5) is 0 Å². The SMILES string of the molecule is CCCn1ccnc1CNC(C(=O)OC)C(C)CC. The third-order valence-electron chi connectivity index (χ3n) is 3.41. The van der Waals surface area contributed by atoms with Gasteiger partial charge in [0.05, 0.1) is 13.7 Å². The predicted octanol–water partition coefficient (Wildman–Crippen LogP) is 1.97. The van der Waals surface area contributed by atoms with Gasteiger partial charge in [-0.3, -0.25) is 10.1 Å². The molecule has 0 bridgehead atoms. The molecule has 2 atom stereocenters. The Morgan fingerprint density at radius 1 is 1.53 bits per heavy atom. The maximum Gasteiger partial charge on any atom is 0.323 e. The summed E-state index contributed by atoms with van der Waals surface area (Å²) < 4.78 is 6.96. The molecule has 5 heteroatoms. The number of esters is 1. The van der Waals surface area contributed by atoms with E-state index in [4.69, 9.17) is 4.74 Å². The van der Waals surface area contributed by atoms with Gasteiger partial charge in [0.1, 0.15) is 11.9 Å². The van der Waals surface area contributed by atoms with E-state index >= 15 is 0 Å². The Kier molecular flexibility index (Phi) is 6.56. The van der Waals surface area contributed by atoms with Gasteiger partial charge in [0.25, 0.3) is 0 Å². The number of aryl methyl sites for hydroxylation is 1. The summed E-state index contributed by atoms with van der Waals surface area (Å²) in [4.78, 5) is 16.1. The van der Waals surface area contributed by atoms with Crippen molar-refractivity contribution in [3.8, 4) is 0 Å². The minimum absolute atomic E-state index is 0.206. The number of nitrogens with one attached hydrogen (secondary N) is 1. The number of carbonyl (C=O) groups is 1. The van der Waals surface area contributed by atoms with Gasteiger partial charge in [0.15, 0.2) is 0 Å². The van der Waals surface area contributed by atoms with Crippen molar-refractivity contribution in [2.45, 2.75) is 52.7 Å². The zero-order chi connectivity index (χ0) is 14.3. The maximum absolute atomic E-state index is 11.8. The molecule has 0 saturated carbocycles. The highest BCUT2D eigenvalue weighted by molar-refractivity contribution is 5.75. The summed E-state index contributed by atoms with van der Waals surface area (Å²) >= 11 is 0. The third kappa shape index (κ3) is 4.35. The number of ether oxygens (including phenoxy) is 1. The van der Waals surface area contributed by atoms with Gasteiger partial charge in [-0.05, 0) is 12.3 Å². The van der Waals surface area contributed by atoms with Crippen LogP contribution in [-0.2, 0) is 22.6 Å². The molecule has 0 fully saturated rings. The zero-order valence-electron chi connectivity index (χ0n) is 12.3. The van der Waals surface area contributed by atoms with Crippen LogP contribution in [0.2, 0.25) is 0 Å². The molecular formula is C14H25N3O2. The number of methoxy groups -OCH3 is 1. The molecule has 1 N–H and O–H groups in total. The van der Waals surface area contributed by atoms with E-state index < -0.39 is 0 Å². The Bertz CT molecular complexity index is 390. The summed E-state index contributed by atoms with van der Waals surface area (Å²) in [6, 6.07) is -0.276. The van der Waals surface area contributed by atoms with E-state index in [2.05, 4.69) is 28.7 Å². The molecule has 0 aromatic carbocycles. The average molecular weight is 267 g/mol. The number of imidazole rings is 1. The number of rotatable bonds is 8. The highest BCUT2D eigenvalue weighted by atomic mass is 16.5. The summed E-state index contributed by atoms with van der Waals surface area (Å²) in [5.74, 6) is 0.990. The molecular weight excluding hydrogens is 242 g/mol. The standard InChI is InChI=1S/C14H25N3O2/c1-5-8-17-9-7-15-12(17)10-16-13(11(3)6-2)14(18)19-4/h7,9,11,13,16H,5-6,8,10H2,1-4H3. The molecule has 0 aliphatic heterocycles. The van der Waals surface area contributed by atoms with Crippen molar-refractivity contribution in [2.24, 2.45) is 5.92 Å². The molecule has 0 saturated heterocycles. The second-order valence-electron chi connectivity index (χ2n) is 4.80. The Labute approximate surface area is 115 Å². The van der Waals surface area contributed by atoms with E-state index in [1.54, 1.807) is 6.20 Å². The maximum atomic E-state index is 11.8. The van der Waals surface area contributed by atoms with Crippen LogP contribution in [0.3, 0.4) is 0 Å². The molecule has 1 aromatic heterocycles. The van der Waals surface area contributed by atoms with Gasteiger partial charge in [-0.1, -0.05) is 27.2 Å². The van der Waals surface area contributed by atoms with Gasteiger partial charge in [-0.15, -0.1) is 0 Å². The number of hydrogen-bond acceptors (Lipinski definition) is 4. The van der Waals surface area contributed by atoms with Crippen LogP contribution in [0.5, 0.6) is 0 Å². The highest BCUT2D eigenvalue weighted by Gasteiger charge is 2.24. The Balaban J connectivity index is 2.65. The van der Waals surface area contributed by atoms with Crippen molar-refractivity contribution in [2.75, 3.05) is 7.11 Å². The van der Waals surface area contributed by atoms with Crippen molar-refractivity contribution >= 4 is 5.97 Å². The van der Waals surface area contributed by atoms with Gasteiger partial charge in [0, 0.05) is 18.9 Å². The van der Waals surface area contributed by atoms with Gasteiger partial charge >= 0.3 is 5.97 Å². The second-order valence-corrected chi connectivity index (χ2v) is 4.80.